The van der Waals surface area contributed by atoms with Crippen molar-refractivity contribution in [1.29, 1.82) is 0 Å². The van der Waals surface area contributed by atoms with Gasteiger partial charge in [0.2, 0.25) is 0 Å². The minimum atomic E-state index is -0.0776. The first-order valence-electron chi connectivity index (χ1n) is 12.3. The van der Waals surface area contributed by atoms with Crippen LogP contribution in [0.25, 0.3) is 5.57 Å². The molecular formula is C29H40O3. The van der Waals surface area contributed by atoms with Gasteiger partial charge in [-0.3, -0.25) is 14.4 Å². The Kier molecular flexibility index (Phi) is 10.8. The van der Waals surface area contributed by atoms with Gasteiger partial charge in [0.15, 0.2) is 0 Å². The van der Waals surface area contributed by atoms with Gasteiger partial charge in [-0.25, -0.2) is 0 Å². The molecule has 0 N–H and O–H groups in total. The third kappa shape index (κ3) is 8.00. The largest absolute Gasteiger partial charge is 0.300 e. The van der Waals surface area contributed by atoms with Gasteiger partial charge in [-0.05, 0) is 62.5 Å². The molecule has 0 saturated heterocycles. The van der Waals surface area contributed by atoms with E-state index in [4.69, 9.17) is 0 Å². The Morgan fingerprint density at radius 2 is 1.84 bits per heavy atom. The van der Waals surface area contributed by atoms with Gasteiger partial charge in [-0.15, -0.1) is 0 Å². The van der Waals surface area contributed by atoms with Gasteiger partial charge < -0.3 is 0 Å². The lowest BCUT2D eigenvalue weighted by atomic mass is 9.75. The molecule has 0 heterocycles. The van der Waals surface area contributed by atoms with E-state index in [2.05, 4.69) is 38.1 Å². The molecule has 3 nitrogen and oxygen atoms in total. The molecule has 1 aromatic rings. The summed E-state index contributed by atoms with van der Waals surface area (Å²) >= 11 is 0. The number of benzene rings is 1. The van der Waals surface area contributed by atoms with Crippen molar-refractivity contribution in [3.8, 4) is 0 Å². The van der Waals surface area contributed by atoms with Gasteiger partial charge >= 0.3 is 0 Å². The second kappa shape index (κ2) is 13.3. The fraction of sp³-hybridized carbons (Fsp3) is 0.552. The van der Waals surface area contributed by atoms with Crippen molar-refractivity contribution in [2.45, 2.75) is 85.5 Å². The first-order chi connectivity index (χ1) is 15.3. The molecule has 0 aliphatic heterocycles. The second-order valence-electron chi connectivity index (χ2n) is 9.47. The average Bonchev–Trinajstić information content (AvgIpc) is 2.73. The molecular weight excluding hydrogens is 396 g/mol. The smallest absolute Gasteiger partial charge is 0.143 e. The molecule has 3 heteroatoms. The Hall–Kier alpha value is -2.29. The molecule has 32 heavy (non-hydrogen) atoms. The Labute approximate surface area is 194 Å². The van der Waals surface area contributed by atoms with Crippen LogP contribution in [0.4, 0.5) is 0 Å². The molecule has 1 aliphatic carbocycles. The summed E-state index contributed by atoms with van der Waals surface area (Å²) in [5.41, 5.74) is 3.43. The van der Waals surface area contributed by atoms with Crippen molar-refractivity contribution in [3.63, 3.8) is 0 Å². The van der Waals surface area contributed by atoms with Gasteiger partial charge in [0.05, 0.1) is 6.42 Å². The van der Waals surface area contributed by atoms with Crippen molar-refractivity contribution < 1.29 is 14.4 Å². The normalized spacial score (nSPS) is 22.8. The van der Waals surface area contributed by atoms with Crippen LogP contribution in [0.5, 0.6) is 0 Å². The monoisotopic (exact) mass is 436 g/mol. The molecule has 0 bridgehead atoms. The number of allylic oxidation sites excluding steroid dienone is 4. The van der Waals surface area contributed by atoms with Crippen LogP contribution in [0, 0.1) is 17.8 Å². The molecule has 2 rings (SSSR count). The topological polar surface area (TPSA) is 51.2 Å². The van der Waals surface area contributed by atoms with E-state index in [1.54, 1.807) is 0 Å². The third-order valence-electron chi connectivity index (χ3n) is 6.69. The van der Waals surface area contributed by atoms with E-state index >= 15 is 0 Å². The Morgan fingerprint density at radius 1 is 1.12 bits per heavy atom. The first-order valence-corrected chi connectivity index (χ1v) is 12.3. The van der Waals surface area contributed by atoms with Gasteiger partial charge in [-0.2, -0.15) is 0 Å². The summed E-state index contributed by atoms with van der Waals surface area (Å²) in [6.07, 6.45) is 11.0. The molecule has 0 radical (unpaired) electrons. The lowest BCUT2D eigenvalue weighted by Gasteiger charge is -2.29. The number of carbonyl (C=O) groups excluding carboxylic acids is 3. The van der Waals surface area contributed by atoms with E-state index in [0.29, 0.717) is 12.8 Å². The van der Waals surface area contributed by atoms with E-state index in [9.17, 15) is 14.4 Å². The summed E-state index contributed by atoms with van der Waals surface area (Å²) in [4.78, 5) is 37.3. The molecule has 174 valence electrons. The van der Waals surface area contributed by atoms with Crippen molar-refractivity contribution in [1.82, 2.24) is 0 Å². The van der Waals surface area contributed by atoms with Crippen molar-refractivity contribution in [2.75, 3.05) is 0 Å². The lowest BCUT2D eigenvalue weighted by molar-refractivity contribution is -0.129. The summed E-state index contributed by atoms with van der Waals surface area (Å²) < 4.78 is 0. The van der Waals surface area contributed by atoms with Gasteiger partial charge in [-0.1, -0.05) is 74.7 Å². The molecule has 0 saturated carbocycles. The Morgan fingerprint density at radius 3 is 2.47 bits per heavy atom. The summed E-state index contributed by atoms with van der Waals surface area (Å²) in [6, 6.07) is 10.3. The molecule has 0 fully saturated rings. The minimum absolute atomic E-state index is 0.0390. The summed E-state index contributed by atoms with van der Waals surface area (Å²) in [6.45, 7) is 7.75. The predicted molar refractivity (Wildman–Crippen MR) is 132 cm³/mol. The van der Waals surface area contributed by atoms with E-state index in [0.717, 1.165) is 55.2 Å². The molecule has 0 amide bonds. The number of Topliss-reactive ketones (excluding diaryl/α,β-unsaturated/α-hetero) is 3. The van der Waals surface area contributed by atoms with Crippen molar-refractivity contribution in [3.05, 3.63) is 53.6 Å². The van der Waals surface area contributed by atoms with Crippen LogP contribution in [0.2, 0.25) is 0 Å². The summed E-state index contributed by atoms with van der Waals surface area (Å²) in [5, 5.41) is 0. The highest BCUT2D eigenvalue weighted by atomic mass is 16.1. The fourth-order valence-electron chi connectivity index (χ4n) is 5.21. The minimum Gasteiger partial charge on any atom is -0.300 e. The number of carbonyl (C=O) groups is 3. The molecule has 3 unspecified atom stereocenters. The maximum atomic E-state index is 13.0. The van der Waals surface area contributed by atoms with Crippen LogP contribution in [-0.4, -0.2) is 17.3 Å². The quantitative estimate of drug-likeness (QED) is 0.366. The van der Waals surface area contributed by atoms with E-state index in [1.165, 1.54) is 6.92 Å². The Balaban J connectivity index is 2.16. The zero-order valence-electron chi connectivity index (χ0n) is 20.4. The van der Waals surface area contributed by atoms with Crippen LogP contribution in [-0.2, 0) is 14.4 Å². The highest BCUT2D eigenvalue weighted by Gasteiger charge is 2.29. The zero-order chi connectivity index (χ0) is 23.5. The molecule has 1 aromatic carbocycles. The van der Waals surface area contributed by atoms with Gasteiger partial charge in [0, 0.05) is 18.8 Å². The maximum absolute atomic E-state index is 13.0. The van der Waals surface area contributed by atoms with E-state index in [1.807, 2.05) is 25.1 Å². The third-order valence-corrected chi connectivity index (χ3v) is 6.69. The summed E-state index contributed by atoms with van der Waals surface area (Å²) in [5.74, 6) is 0.767. The standard InChI is InChI=1S/C29H40O3/c1-5-12-25(27(6-2)29(32)18-22(4)30)19-23-13-10-11-16-28(21(3)17-26(31)20-23)24-14-8-7-9-15-24/h7-9,11,14-16,23,25,27H,5-6,10,12-13,17-20H2,1-4H3/b16-11-,28-21+. The Bertz CT molecular complexity index is 831. The van der Waals surface area contributed by atoms with Gasteiger partial charge in [0.25, 0.3) is 0 Å². The lowest BCUT2D eigenvalue weighted by Crippen LogP contribution is -2.27. The molecule has 0 aromatic heterocycles. The SMILES string of the molecule is CCCC(CC1CC/C=C\C(c2ccccc2)=C(\C)CC(=O)C1)C(CC)C(=O)CC(C)=O. The first kappa shape index (κ1) is 26.0. The van der Waals surface area contributed by atoms with E-state index in [-0.39, 0.29) is 41.5 Å². The zero-order valence-corrected chi connectivity index (χ0v) is 20.4. The van der Waals surface area contributed by atoms with E-state index < -0.39 is 0 Å². The average molecular weight is 437 g/mol. The number of rotatable bonds is 10. The highest BCUT2D eigenvalue weighted by molar-refractivity contribution is 5.99. The van der Waals surface area contributed by atoms with Crippen LogP contribution >= 0.6 is 0 Å². The number of hydrogen-bond acceptors (Lipinski definition) is 3. The van der Waals surface area contributed by atoms with Crippen LogP contribution in [0.3, 0.4) is 0 Å². The number of hydrogen-bond donors (Lipinski definition) is 0. The van der Waals surface area contributed by atoms with Crippen LogP contribution in [0.1, 0.15) is 91.0 Å². The fourth-order valence-corrected chi connectivity index (χ4v) is 5.21. The summed E-state index contributed by atoms with van der Waals surface area (Å²) in [7, 11) is 0. The molecule has 3 atom stereocenters. The maximum Gasteiger partial charge on any atom is 0.143 e. The second-order valence-corrected chi connectivity index (χ2v) is 9.47. The highest BCUT2D eigenvalue weighted by Crippen LogP contribution is 2.34. The van der Waals surface area contributed by atoms with Crippen LogP contribution < -0.4 is 0 Å². The number of ketones is 3. The van der Waals surface area contributed by atoms with Crippen LogP contribution in [0.15, 0.2) is 48.1 Å². The van der Waals surface area contributed by atoms with Gasteiger partial charge in [0.1, 0.15) is 17.3 Å². The predicted octanol–water partition coefficient (Wildman–Crippen LogP) is 7.16. The van der Waals surface area contributed by atoms with Crippen molar-refractivity contribution >= 4 is 22.9 Å². The van der Waals surface area contributed by atoms with Crippen molar-refractivity contribution in [2.24, 2.45) is 17.8 Å². The molecule has 0 spiro atoms. The molecule has 1 aliphatic rings.